The fourth-order valence-corrected chi connectivity index (χ4v) is 1.09. The van der Waals surface area contributed by atoms with Gasteiger partial charge in [-0.05, 0) is 18.6 Å². The van der Waals surface area contributed by atoms with Crippen molar-refractivity contribution in [2.75, 3.05) is 0 Å². The highest BCUT2D eigenvalue weighted by atomic mass is 16.5. The summed E-state index contributed by atoms with van der Waals surface area (Å²) in [5, 5.41) is 3.58. The summed E-state index contributed by atoms with van der Waals surface area (Å²) in [6.45, 7) is 1.88. The molecule has 0 aliphatic heterocycles. The average molecular weight is 177 g/mol. The number of nitrogens with one attached hydrogen (secondary N) is 1. The number of hydrogen-bond acceptors (Lipinski definition) is 4. The molecule has 5 nitrogen and oxygen atoms in total. The molecule has 2 rings (SSSR count). The molecule has 0 atom stereocenters. The highest BCUT2D eigenvalue weighted by Crippen LogP contribution is 2.15. The zero-order valence-corrected chi connectivity index (χ0v) is 6.94. The lowest BCUT2D eigenvalue weighted by molar-refractivity contribution is 0.388. The van der Waals surface area contributed by atoms with Crippen LogP contribution in [0.1, 0.15) is 5.56 Å². The van der Waals surface area contributed by atoms with E-state index in [1.165, 1.54) is 0 Å². The second kappa shape index (κ2) is 2.85. The van der Waals surface area contributed by atoms with Crippen LogP contribution in [0.3, 0.4) is 0 Å². The number of H-pyrrole nitrogens is 1. The molecule has 0 saturated carbocycles. The number of hydrogen-bond donors (Lipinski definition) is 1. The lowest BCUT2D eigenvalue weighted by atomic mass is 10.1. The number of pyridine rings is 1. The van der Waals surface area contributed by atoms with Crippen molar-refractivity contribution in [3.8, 4) is 11.4 Å². The minimum atomic E-state index is -0.550. The first-order valence-corrected chi connectivity index (χ1v) is 3.74. The third-order valence-electron chi connectivity index (χ3n) is 1.72. The minimum Gasteiger partial charge on any atom is -0.296 e. The lowest BCUT2D eigenvalue weighted by Gasteiger charge is -1.97. The summed E-state index contributed by atoms with van der Waals surface area (Å²) in [5.41, 5.74) is 1.76. The molecule has 0 aliphatic rings. The molecule has 66 valence electrons. The van der Waals surface area contributed by atoms with Gasteiger partial charge in [0.05, 0.1) is 0 Å². The molecule has 0 radical (unpaired) electrons. The van der Waals surface area contributed by atoms with E-state index in [0.717, 1.165) is 11.1 Å². The third kappa shape index (κ3) is 1.35. The largest absolute Gasteiger partial charge is 0.439 e. The maximum Gasteiger partial charge on any atom is 0.439 e. The number of aryl methyl sites for hydroxylation is 1. The van der Waals surface area contributed by atoms with Gasteiger partial charge in [0, 0.05) is 18.0 Å². The molecule has 0 bridgehead atoms. The predicted octanol–water partition coefficient (Wildman–Crippen LogP) is 0.733. The molecular formula is C8H7N3O2. The first-order valence-electron chi connectivity index (χ1n) is 3.74. The number of aromatic nitrogens is 3. The first kappa shape index (κ1) is 7.72. The molecule has 1 N–H and O–H groups in total. The van der Waals surface area contributed by atoms with E-state index in [1.807, 2.05) is 6.92 Å². The maximum atomic E-state index is 10.7. The topological polar surface area (TPSA) is 71.8 Å². The highest BCUT2D eigenvalue weighted by molar-refractivity contribution is 5.57. The van der Waals surface area contributed by atoms with Crippen molar-refractivity contribution in [1.29, 1.82) is 0 Å². The summed E-state index contributed by atoms with van der Waals surface area (Å²) in [7, 11) is 0. The Bertz CT molecular complexity index is 472. The number of nitrogens with zero attached hydrogens (tertiary/aromatic N) is 2. The molecule has 0 unspecified atom stereocenters. The SMILES string of the molecule is Cc1cnccc1-c1noc(=O)[nH]1. The van der Waals surface area contributed by atoms with Crippen molar-refractivity contribution in [2.45, 2.75) is 6.92 Å². The Balaban J connectivity index is 2.58. The van der Waals surface area contributed by atoms with Crippen LogP contribution in [-0.2, 0) is 0 Å². The van der Waals surface area contributed by atoms with Gasteiger partial charge >= 0.3 is 5.76 Å². The standard InChI is InChI=1S/C8H7N3O2/c1-5-4-9-3-2-6(5)7-10-8(12)13-11-7/h2-4H,1H3,(H,10,11,12). The normalized spacial score (nSPS) is 10.2. The maximum absolute atomic E-state index is 10.7. The molecule has 0 amide bonds. The van der Waals surface area contributed by atoms with Crippen molar-refractivity contribution in [1.82, 2.24) is 15.1 Å². The molecule has 13 heavy (non-hydrogen) atoms. The van der Waals surface area contributed by atoms with Crippen LogP contribution < -0.4 is 5.76 Å². The van der Waals surface area contributed by atoms with Gasteiger partial charge in [-0.25, -0.2) is 4.79 Å². The Morgan fingerprint density at radius 1 is 1.54 bits per heavy atom. The van der Waals surface area contributed by atoms with Gasteiger partial charge in [0.15, 0.2) is 5.82 Å². The van der Waals surface area contributed by atoms with Crippen LogP contribution >= 0.6 is 0 Å². The molecule has 0 aromatic carbocycles. The van der Waals surface area contributed by atoms with Crippen LogP contribution in [0.5, 0.6) is 0 Å². The van der Waals surface area contributed by atoms with Crippen LogP contribution in [0.15, 0.2) is 27.8 Å². The Labute approximate surface area is 73.4 Å². The fourth-order valence-electron chi connectivity index (χ4n) is 1.09. The van der Waals surface area contributed by atoms with Crippen LogP contribution in [0, 0.1) is 6.92 Å². The molecule has 5 heteroatoms. The zero-order chi connectivity index (χ0) is 9.26. The quantitative estimate of drug-likeness (QED) is 0.697. The molecule has 0 aliphatic carbocycles. The first-order chi connectivity index (χ1) is 6.27. The zero-order valence-electron chi connectivity index (χ0n) is 6.94. The van der Waals surface area contributed by atoms with Crippen molar-refractivity contribution in [3.63, 3.8) is 0 Å². The minimum absolute atomic E-state index is 0.435. The van der Waals surface area contributed by atoms with Gasteiger partial charge in [0.2, 0.25) is 0 Å². The van der Waals surface area contributed by atoms with E-state index in [-0.39, 0.29) is 0 Å². The van der Waals surface area contributed by atoms with E-state index in [0.29, 0.717) is 5.82 Å². The second-order valence-corrected chi connectivity index (χ2v) is 2.63. The third-order valence-corrected chi connectivity index (χ3v) is 1.72. The molecular weight excluding hydrogens is 170 g/mol. The van der Waals surface area contributed by atoms with E-state index < -0.39 is 5.76 Å². The van der Waals surface area contributed by atoms with Crippen LogP contribution in [-0.4, -0.2) is 15.1 Å². The van der Waals surface area contributed by atoms with Crippen molar-refractivity contribution in [3.05, 3.63) is 34.6 Å². The summed E-state index contributed by atoms with van der Waals surface area (Å²) in [5.74, 6) is -0.115. The Morgan fingerprint density at radius 3 is 3.00 bits per heavy atom. The molecule has 0 spiro atoms. The Kier molecular flexibility index (Phi) is 1.70. The van der Waals surface area contributed by atoms with E-state index in [2.05, 4.69) is 19.6 Å². The second-order valence-electron chi connectivity index (χ2n) is 2.63. The Morgan fingerprint density at radius 2 is 2.38 bits per heavy atom. The van der Waals surface area contributed by atoms with Gasteiger partial charge in [-0.15, -0.1) is 0 Å². The summed E-state index contributed by atoms with van der Waals surface area (Å²) in [6.07, 6.45) is 3.33. The van der Waals surface area contributed by atoms with Gasteiger partial charge in [0.1, 0.15) is 0 Å². The van der Waals surface area contributed by atoms with Crippen LogP contribution in [0.4, 0.5) is 0 Å². The molecule has 2 heterocycles. The fraction of sp³-hybridized carbons (Fsp3) is 0.125. The number of aromatic amines is 1. The van der Waals surface area contributed by atoms with E-state index in [4.69, 9.17) is 0 Å². The van der Waals surface area contributed by atoms with Crippen LogP contribution in [0.2, 0.25) is 0 Å². The summed E-state index contributed by atoms with van der Waals surface area (Å²) in [6, 6.07) is 1.77. The average Bonchev–Trinajstić information content (AvgIpc) is 2.53. The highest BCUT2D eigenvalue weighted by Gasteiger charge is 2.05. The summed E-state index contributed by atoms with van der Waals surface area (Å²) in [4.78, 5) is 17.1. The monoisotopic (exact) mass is 177 g/mol. The van der Waals surface area contributed by atoms with Gasteiger partial charge in [-0.2, -0.15) is 0 Å². The number of rotatable bonds is 1. The molecule has 0 fully saturated rings. The smallest absolute Gasteiger partial charge is 0.296 e. The van der Waals surface area contributed by atoms with Crippen molar-refractivity contribution >= 4 is 0 Å². The molecule has 2 aromatic rings. The Hall–Kier alpha value is -1.91. The van der Waals surface area contributed by atoms with E-state index in [9.17, 15) is 4.79 Å². The van der Waals surface area contributed by atoms with Crippen LogP contribution in [0.25, 0.3) is 11.4 Å². The van der Waals surface area contributed by atoms with Crippen molar-refractivity contribution < 1.29 is 4.52 Å². The van der Waals surface area contributed by atoms with Gasteiger partial charge in [-0.1, -0.05) is 5.16 Å². The molecule has 2 aromatic heterocycles. The van der Waals surface area contributed by atoms with Gasteiger partial charge in [0.25, 0.3) is 0 Å². The predicted molar refractivity (Wildman–Crippen MR) is 45.1 cm³/mol. The summed E-state index contributed by atoms with van der Waals surface area (Å²) < 4.78 is 4.39. The van der Waals surface area contributed by atoms with Gasteiger partial charge < -0.3 is 0 Å². The van der Waals surface area contributed by atoms with E-state index >= 15 is 0 Å². The van der Waals surface area contributed by atoms with Gasteiger partial charge in [-0.3, -0.25) is 14.5 Å². The summed E-state index contributed by atoms with van der Waals surface area (Å²) >= 11 is 0. The van der Waals surface area contributed by atoms with Crippen molar-refractivity contribution in [2.24, 2.45) is 0 Å². The van der Waals surface area contributed by atoms with E-state index in [1.54, 1.807) is 18.5 Å². The lowest BCUT2D eigenvalue weighted by Crippen LogP contribution is -1.95. The molecule has 0 saturated heterocycles.